The van der Waals surface area contributed by atoms with E-state index in [9.17, 15) is 4.79 Å². The number of guanidine groups is 1. The van der Waals surface area contributed by atoms with E-state index in [0.29, 0.717) is 25.5 Å². The zero-order valence-electron chi connectivity index (χ0n) is 16.0. The SMILES string of the molecule is I.NC(=NCCCCC(=O)OCc1ccccc1)Nc1ccc2c(c1)CCC2. The first kappa shape index (κ1) is 22.2. The molecule has 2 aromatic carbocycles. The summed E-state index contributed by atoms with van der Waals surface area (Å²) in [6.45, 7) is 0.922. The highest BCUT2D eigenvalue weighted by Crippen LogP contribution is 2.24. The van der Waals surface area contributed by atoms with Crippen LogP contribution in [0.2, 0.25) is 0 Å². The number of benzene rings is 2. The van der Waals surface area contributed by atoms with E-state index in [2.05, 4.69) is 28.5 Å². The Balaban J connectivity index is 0.00000280. The lowest BCUT2D eigenvalue weighted by Gasteiger charge is -2.08. The van der Waals surface area contributed by atoms with Gasteiger partial charge in [-0.3, -0.25) is 9.79 Å². The molecule has 3 rings (SSSR count). The van der Waals surface area contributed by atoms with E-state index < -0.39 is 0 Å². The lowest BCUT2D eigenvalue weighted by atomic mass is 10.1. The van der Waals surface area contributed by atoms with Gasteiger partial charge in [0.1, 0.15) is 6.61 Å². The van der Waals surface area contributed by atoms with Gasteiger partial charge in [-0.15, -0.1) is 24.0 Å². The molecule has 0 amide bonds. The van der Waals surface area contributed by atoms with E-state index in [1.165, 1.54) is 24.0 Å². The number of fused-ring (bicyclic) bond motifs is 1. The van der Waals surface area contributed by atoms with Crippen LogP contribution in [0, 0.1) is 0 Å². The molecule has 6 heteroatoms. The summed E-state index contributed by atoms with van der Waals surface area (Å²) < 4.78 is 5.26. The Labute approximate surface area is 183 Å². The number of aliphatic imine (C=N–C) groups is 1. The Morgan fingerprint density at radius 1 is 1.07 bits per heavy atom. The monoisotopic (exact) mass is 493 g/mol. The van der Waals surface area contributed by atoms with E-state index >= 15 is 0 Å². The van der Waals surface area contributed by atoms with E-state index in [1.54, 1.807) is 0 Å². The average molecular weight is 493 g/mol. The number of rotatable bonds is 8. The Kier molecular flexibility index (Phi) is 9.27. The minimum atomic E-state index is -0.174. The Hall–Kier alpha value is -2.09. The highest BCUT2D eigenvalue weighted by atomic mass is 127. The van der Waals surface area contributed by atoms with Gasteiger partial charge < -0.3 is 15.8 Å². The lowest BCUT2D eigenvalue weighted by Crippen LogP contribution is -2.23. The number of carbonyl (C=O) groups is 1. The fourth-order valence-electron chi connectivity index (χ4n) is 3.23. The summed E-state index contributed by atoms with van der Waals surface area (Å²) >= 11 is 0. The number of nitrogens with zero attached hydrogens (tertiary/aromatic N) is 1. The molecule has 0 fully saturated rings. The standard InChI is InChI=1S/C22H27N3O2.HI/c23-22(25-20-13-12-18-9-6-10-19(18)15-20)24-14-5-4-11-21(26)27-16-17-7-2-1-3-8-17;/h1-3,7-8,12-13,15H,4-6,9-11,14,16H2,(H3,23,24,25);1H. The Bertz CT molecular complexity index is 794. The van der Waals surface area contributed by atoms with Gasteiger partial charge in [-0.25, -0.2) is 0 Å². The summed E-state index contributed by atoms with van der Waals surface area (Å²) in [5, 5.41) is 3.15. The number of hydrogen-bond acceptors (Lipinski definition) is 3. The number of ether oxygens (including phenoxy) is 1. The molecule has 0 unspecified atom stereocenters. The highest BCUT2D eigenvalue weighted by Gasteiger charge is 2.10. The first-order valence-electron chi connectivity index (χ1n) is 9.59. The van der Waals surface area contributed by atoms with Crippen LogP contribution in [0.1, 0.15) is 42.4 Å². The summed E-state index contributed by atoms with van der Waals surface area (Å²) in [5.74, 6) is 0.242. The number of aryl methyl sites for hydroxylation is 2. The zero-order valence-corrected chi connectivity index (χ0v) is 18.4. The maximum Gasteiger partial charge on any atom is 0.306 e. The van der Waals surface area contributed by atoms with Crippen molar-refractivity contribution < 1.29 is 9.53 Å². The first-order valence-corrected chi connectivity index (χ1v) is 9.59. The van der Waals surface area contributed by atoms with Gasteiger partial charge >= 0.3 is 5.97 Å². The molecule has 0 bridgehead atoms. The maximum atomic E-state index is 11.8. The molecule has 1 aliphatic rings. The molecule has 0 heterocycles. The summed E-state index contributed by atoms with van der Waals surface area (Å²) in [6.07, 6.45) is 5.49. The average Bonchev–Trinajstić information content (AvgIpc) is 3.15. The molecule has 0 radical (unpaired) electrons. The molecule has 150 valence electrons. The Morgan fingerprint density at radius 2 is 1.86 bits per heavy atom. The van der Waals surface area contributed by atoms with Gasteiger partial charge in [0.05, 0.1) is 0 Å². The maximum absolute atomic E-state index is 11.8. The quantitative estimate of drug-likeness (QED) is 0.188. The van der Waals surface area contributed by atoms with Crippen molar-refractivity contribution in [3.05, 3.63) is 65.2 Å². The van der Waals surface area contributed by atoms with E-state index in [4.69, 9.17) is 10.5 Å². The van der Waals surface area contributed by atoms with Crippen molar-refractivity contribution >= 4 is 41.6 Å². The zero-order chi connectivity index (χ0) is 18.9. The van der Waals surface area contributed by atoms with E-state index in [-0.39, 0.29) is 29.9 Å². The minimum Gasteiger partial charge on any atom is -0.461 e. The van der Waals surface area contributed by atoms with Crippen molar-refractivity contribution in [1.82, 2.24) is 0 Å². The topological polar surface area (TPSA) is 76.7 Å². The van der Waals surface area contributed by atoms with Crippen LogP contribution >= 0.6 is 24.0 Å². The molecule has 28 heavy (non-hydrogen) atoms. The van der Waals surface area contributed by atoms with Crippen LogP contribution in [-0.2, 0) is 29.0 Å². The molecular weight excluding hydrogens is 465 g/mol. The van der Waals surface area contributed by atoms with Gasteiger partial charge in [-0.2, -0.15) is 0 Å². The molecular formula is C22H28IN3O2. The number of hydrogen-bond donors (Lipinski definition) is 2. The third-order valence-corrected chi connectivity index (χ3v) is 4.68. The third kappa shape index (κ3) is 7.14. The van der Waals surface area contributed by atoms with Crippen LogP contribution in [0.25, 0.3) is 0 Å². The number of carbonyl (C=O) groups excluding carboxylic acids is 1. The number of nitrogens with two attached hydrogens (primary N) is 1. The largest absolute Gasteiger partial charge is 0.461 e. The number of nitrogens with one attached hydrogen (secondary N) is 1. The number of halogens is 1. The van der Waals surface area contributed by atoms with Gasteiger partial charge in [0.2, 0.25) is 0 Å². The molecule has 0 aromatic heterocycles. The smallest absolute Gasteiger partial charge is 0.306 e. The van der Waals surface area contributed by atoms with Gasteiger partial charge in [-0.05, 0) is 60.9 Å². The van der Waals surface area contributed by atoms with Crippen LogP contribution in [0.3, 0.4) is 0 Å². The second kappa shape index (κ2) is 11.7. The molecule has 0 saturated carbocycles. The second-order valence-electron chi connectivity index (χ2n) is 6.83. The Morgan fingerprint density at radius 3 is 2.68 bits per heavy atom. The molecule has 5 nitrogen and oxygen atoms in total. The predicted molar refractivity (Wildman–Crippen MR) is 124 cm³/mol. The first-order chi connectivity index (χ1) is 13.2. The van der Waals surface area contributed by atoms with Crippen molar-refractivity contribution in [2.24, 2.45) is 10.7 Å². The molecule has 0 saturated heterocycles. The van der Waals surface area contributed by atoms with Gasteiger partial charge in [-0.1, -0.05) is 36.4 Å². The van der Waals surface area contributed by atoms with E-state index in [0.717, 1.165) is 30.5 Å². The van der Waals surface area contributed by atoms with Crippen molar-refractivity contribution in [3.63, 3.8) is 0 Å². The molecule has 3 N–H and O–H groups in total. The minimum absolute atomic E-state index is 0. The third-order valence-electron chi connectivity index (χ3n) is 4.68. The van der Waals surface area contributed by atoms with Crippen molar-refractivity contribution in [2.45, 2.75) is 45.1 Å². The second-order valence-corrected chi connectivity index (χ2v) is 6.83. The van der Waals surface area contributed by atoms with Crippen molar-refractivity contribution in [1.29, 1.82) is 0 Å². The van der Waals surface area contributed by atoms with Crippen LogP contribution < -0.4 is 11.1 Å². The van der Waals surface area contributed by atoms with Crippen molar-refractivity contribution in [3.8, 4) is 0 Å². The lowest BCUT2D eigenvalue weighted by molar-refractivity contribution is -0.145. The summed E-state index contributed by atoms with van der Waals surface area (Å²) in [6, 6.07) is 16.1. The highest BCUT2D eigenvalue weighted by molar-refractivity contribution is 14.0. The van der Waals surface area contributed by atoms with Crippen LogP contribution in [0.5, 0.6) is 0 Å². The number of anilines is 1. The van der Waals surface area contributed by atoms with Gasteiger partial charge in [0, 0.05) is 18.7 Å². The van der Waals surface area contributed by atoms with Gasteiger partial charge in [0.25, 0.3) is 0 Å². The number of esters is 1. The summed E-state index contributed by atoms with van der Waals surface area (Å²) in [5.41, 5.74) is 10.8. The summed E-state index contributed by atoms with van der Waals surface area (Å²) in [7, 11) is 0. The normalized spacial score (nSPS) is 12.8. The van der Waals surface area contributed by atoms with Crippen LogP contribution in [-0.4, -0.2) is 18.5 Å². The molecule has 0 aliphatic heterocycles. The molecule has 0 spiro atoms. The van der Waals surface area contributed by atoms with Crippen LogP contribution in [0.15, 0.2) is 53.5 Å². The molecule has 0 atom stereocenters. The summed E-state index contributed by atoms with van der Waals surface area (Å²) in [4.78, 5) is 16.1. The predicted octanol–water partition coefficient (Wildman–Crippen LogP) is 4.43. The number of unbranched alkanes of at least 4 members (excludes halogenated alkanes) is 1. The van der Waals surface area contributed by atoms with Crippen molar-refractivity contribution in [2.75, 3.05) is 11.9 Å². The fourth-order valence-corrected chi connectivity index (χ4v) is 3.23. The van der Waals surface area contributed by atoms with E-state index in [1.807, 2.05) is 30.3 Å². The van der Waals surface area contributed by atoms with Crippen LogP contribution in [0.4, 0.5) is 5.69 Å². The van der Waals surface area contributed by atoms with Gasteiger partial charge in [0.15, 0.2) is 5.96 Å². The fraction of sp³-hybridized carbons (Fsp3) is 0.364. The molecule has 2 aromatic rings. The molecule has 1 aliphatic carbocycles.